The van der Waals surface area contributed by atoms with Crippen LogP contribution in [0, 0.1) is 5.95 Å². The van der Waals surface area contributed by atoms with E-state index < -0.39 is 5.95 Å². The third-order valence-corrected chi connectivity index (χ3v) is 8.46. The fraction of sp³-hybridized carbons (Fsp3) is 0.273. The molecule has 2 aromatic carbocycles. The molecule has 1 N–H and O–H groups in total. The molecule has 0 spiro atoms. The summed E-state index contributed by atoms with van der Waals surface area (Å²) < 4.78 is 15.8. The van der Waals surface area contributed by atoms with Crippen LogP contribution in [-0.2, 0) is 6.54 Å². The zero-order chi connectivity index (χ0) is 29.2. The molecule has 1 aliphatic rings. The molecule has 0 amide bonds. The first-order valence-corrected chi connectivity index (χ1v) is 14.7. The van der Waals surface area contributed by atoms with Crippen molar-refractivity contribution in [1.82, 2.24) is 24.4 Å². The number of hydrogen-bond acceptors (Lipinski definition) is 6. The largest absolute Gasteiger partial charge is 0.324 e. The number of aromatic nitrogens is 4. The third kappa shape index (κ3) is 5.52. The van der Waals surface area contributed by atoms with Gasteiger partial charge >= 0.3 is 0 Å². The van der Waals surface area contributed by atoms with Crippen molar-refractivity contribution in [2.75, 3.05) is 25.0 Å². The summed E-state index contributed by atoms with van der Waals surface area (Å²) >= 11 is 6.64. The van der Waals surface area contributed by atoms with Crippen LogP contribution >= 0.6 is 11.6 Å². The van der Waals surface area contributed by atoms with E-state index in [0.717, 1.165) is 25.3 Å². The van der Waals surface area contributed by atoms with Crippen LogP contribution in [-0.4, -0.2) is 44.1 Å². The molecular formula is C33H32ClFN6O. The molecule has 1 fully saturated rings. The molecule has 7 nitrogen and oxygen atoms in total. The molecule has 6 rings (SSSR count). The molecule has 0 radical (unpaired) electrons. The molecule has 0 aliphatic carbocycles. The van der Waals surface area contributed by atoms with Crippen molar-refractivity contribution in [3.8, 4) is 22.3 Å². The van der Waals surface area contributed by atoms with Gasteiger partial charge < -0.3 is 10.2 Å². The third-order valence-electron chi connectivity index (χ3n) is 8.15. The van der Waals surface area contributed by atoms with Gasteiger partial charge in [0, 0.05) is 51.7 Å². The Morgan fingerprint density at radius 2 is 1.74 bits per heavy atom. The van der Waals surface area contributed by atoms with Crippen LogP contribution < -0.4 is 10.9 Å². The van der Waals surface area contributed by atoms with Gasteiger partial charge in [-0.2, -0.15) is 9.37 Å². The van der Waals surface area contributed by atoms with Crippen LogP contribution in [0.3, 0.4) is 0 Å². The first kappa shape index (κ1) is 28.0. The van der Waals surface area contributed by atoms with E-state index in [4.69, 9.17) is 16.6 Å². The van der Waals surface area contributed by atoms with Crippen LogP contribution in [0.4, 0.5) is 16.0 Å². The van der Waals surface area contributed by atoms with Gasteiger partial charge in [-0.05, 0) is 92.8 Å². The topological polar surface area (TPSA) is 75.9 Å². The monoisotopic (exact) mass is 582 g/mol. The molecule has 0 bridgehead atoms. The number of benzene rings is 2. The van der Waals surface area contributed by atoms with Gasteiger partial charge in [0.25, 0.3) is 5.56 Å². The Bertz CT molecular complexity index is 1800. The Morgan fingerprint density at radius 3 is 2.43 bits per heavy atom. The van der Waals surface area contributed by atoms with Crippen LogP contribution in [0.15, 0.2) is 77.9 Å². The quantitative estimate of drug-likeness (QED) is 0.203. The lowest BCUT2D eigenvalue weighted by molar-refractivity contribution is 0.222. The van der Waals surface area contributed by atoms with Gasteiger partial charge in [0.05, 0.1) is 0 Å². The number of halogens is 2. The highest BCUT2D eigenvalue weighted by Gasteiger charge is 2.20. The molecule has 5 aromatic rings. The first-order valence-electron chi connectivity index (χ1n) is 14.4. The second kappa shape index (κ2) is 12.0. The summed E-state index contributed by atoms with van der Waals surface area (Å²) in [5.41, 5.74) is 4.49. The Morgan fingerprint density at radius 1 is 0.952 bits per heavy atom. The minimum absolute atomic E-state index is 0.213. The van der Waals surface area contributed by atoms with E-state index in [2.05, 4.69) is 51.4 Å². The van der Waals surface area contributed by atoms with Crippen molar-refractivity contribution < 1.29 is 4.39 Å². The number of likely N-dealkylation sites (tertiary alicyclic amines) is 1. The van der Waals surface area contributed by atoms with Crippen molar-refractivity contribution in [3.63, 3.8) is 0 Å². The molecule has 1 saturated heterocycles. The van der Waals surface area contributed by atoms with Gasteiger partial charge in [-0.3, -0.25) is 9.36 Å². The number of anilines is 2. The lowest BCUT2D eigenvalue weighted by atomic mass is 9.89. The van der Waals surface area contributed by atoms with Crippen molar-refractivity contribution >= 4 is 34.3 Å². The van der Waals surface area contributed by atoms with Crippen LogP contribution in [0.1, 0.15) is 38.2 Å². The molecule has 4 heterocycles. The molecule has 9 heteroatoms. The van der Waals surface area contributed by atoms with Crippen molar-refractivity contribution in [2.24, 2.45) is 0 Å². The van der Waals surface area contributed by atoms with Crippen molar-refractivity contribution in [2.45, 2.75) is 39.2 Å². The van der Waals surface area contributed by atoms with Crippen LogP contribution in [0.5, 0.6) is 0 Å². The Labute approximate surface area is 249 Å². The lowest BCUT2D eigenvalue weighted by Gasteiger charge is -2.31. The maximum Gasteiger partial charge on any atom is 0.260 e. The number of rotatable bonds is 7. The average Bonchev–Trinajstić information content (AvgIpc) is 3.02. The van der Waals surface area contributed by atoms with Gasteiger partial charge in [0.2, 0.25) is 11.9 Å². The van der Waals surface area contributed by atoms with Crippen molar-refractivity contribution in [3.05, 3.63) is 99.9 Å². The number of aryl methyl sites for hydroxylation is 1. The molecule has 214 valence electrons. The fourth-order valence-corrected chi connectivity index (χ4v) is 6.04. The molecular weight excluding hydrogens is 551 g/mol. The molecule has 3 aromatic heterocycles. The number of pyridine rings is 2. The summed E-state index contributed by atoms with van der Waals surface area (Å²) in [6.45, 7) is 7.95. The van der Waals surface area contributed by atoms with Gasteiger partial charge in [-0.1, -0.05) is 42.8 Å². The zero-order valence-corrected chi connectivity index (χ0v) is 24.4. The number of piperidine rings is 1. The van der Waals surface area contributed by atoms with Crippen molar-refractivity contribution in [1.29, 1.82) is 0 Å². The maximum absolute atomic E-state index is 14.2. The molecule has 0 saturated carbocycles. The van der Waals surface area contributed by atoms with Gasteiger partial charge in [0.1, 0.15) is 5.65 Å². The van der Waals surface area contributed by atoms with Gasteiger partial charge in [0.15, 0.2) is 0 Å². The second-order valence-electron chi connectivity index (χ2n) is 10.6. The Kier molecular flexibility index (Phi) is 8.00. The van der Waals surface area contributed by atoms with Gasteiger partial charge in [-0.15, -0.1) is 0 Å². The van der Waals surface area contributed by atoms with E-state index in [-0.39, 0.29) is 5.56 Å². The van der Waals surface area contributed by atoms with E-state index >= 15 is 0 Å². The Hall–Kier alpha value is -4.14. The zero-order valence-electron chi connectivity index (χ0n) is 23.6. The highest BCUT2D eigenvalue weighted by atomic mass is 35.5. The SMILES string of the molecule is CCN1CCC(c2ccc(Nc3ncc4cc(-c5ccc(-c6cccnc6F)cc5Cl)c(=O)n(CC)c4n3)cc2)CC1. The van der Waals surface area contributed by atoms with E-state index in [1.54, 1.807) is 47.2 Å². The summed E-state index contributed by atoms with van der Waals surface area (Å²) in [5, 5.41) is 4.35. The summed E-state index contributed by atoms with van der Waals surface area (Å²) in [4.78, 5) is 29.1. The van der Waals surface area contributed by atoms with E-state index in [9.17, 15) is 9.18 Å². The first-order chi connectivity index (χ1) is 20.4. The predicted octanol–water partition coefficient (Wildman–Crippen LogP) is 7.28. The maximum atomic E-state index is 14.2. The minimum Gasteiger partial charge on any atom is -0.324 e. The molecule has 0 unspecified atom stereocenters. The Balaban J connectivity index is 1.27. The average molecular weight is 583 g/mol. The van der Waals surface area contributed by atoms with E-state index in [0.29, 0.717) is 56.7 Å². The lowest BCUT2D eigenvalue weighted by Crippen LogP contribution is -2.32. The number of fused-ring (bicyclic) bond motifs is 1. The van der Waals surface area contributed by atoms with E-state index in [1.165, 1.54) is 24.6 Å². The van der Waals surface area contributed by atoms with Crippen LogP contribution in [0.25, 0.3) is 33.3 Å². The number of nitrogens with zero attached hydrogens (tertiary/aromatic N) is 5. The van der Waals surface area contributed by atoms with E-state index in [1.807, 2.05) is 6.92 Å². The number of nitrogens with one attached hydrogen (secondary N) is 1. The number of hydrogen-bond donors (Lipinski definition) is 1. The molecule has 1 aliphatic heterocycles. The fourth-order valence-electron chi connectivity index (χ4n) is 5.76. The normalized spacial score (nSPS) is 14.4. The summed E-state index contributed by atoms with van der Waals surface area (Å²) in [6, 6.07) is 18.7. The highest BCUT2D eigenvalue weighted by molar-refractivity contribution is 6.33. The second-order valence-corrected chi connectivity index (χ2v) is 11.0. The van der Waals surface area contributed by atoms with Gasteiger partial charge in [-0.25, -0.2) is 9.97 Å². The summed E-state index contributed by atoms with van der Waals surface area (Å²) in [5.74, 6) is 0.431. The molecule has 0 atom stereocenters. The highest BCUT2D eigenvalue weighted by Crippen LogP contribution is 2.33. The summed E-state index contributed by atoms with van der Waals surface area (Å²) in [6.07, 6.45) is 5.48. The predicted molar refractivity (Wildman–Crippen MR) is 167 cm³/mol. The van der Waals surface area contributed by atoms with Crippen LogP contribution in [0.2, 0.25) is 5.02 Å². The standard InChI is InChI=1S/C33H32ClFN6O/c1-3-40-16-13-22(14-17-40)21-7-10-25(11-8-21)38-33-37-20-24-18-28(32(42)41(4-2)31(24)39-33)27-12-9-23(19-29(27)34)26-6-5-15-36-30(26)35/h5-12,15,18-20,22H,3-4,13-14,16-17H2,1-2H3,(H,37,38,39). The summed E-state index contributed by atoms with van der Waals surface area (Å²) in [7, 11) is 0. The molecule has 42 heavy (non-hydrogen) atoms. The smallest absolute Gasteiger partial charge is 0.260 e. The minimum atomic E-state index is -0.578.